The Hall–Kier alpha value is -1.63. The van der Waals surface area contributed by atoms with E-state index in [0.29, 0.717) is 29.8 Å². The molecule has 0 bridgehead atoms. The molecule has 1 saturated heterocycles. The van der Waals surface area contributed by atoms with Crippen LogP contribution < -0.4 is 16.8 Å². The SMILES string of the molecule is N=C(N)C1CCC2CC(C(=O)NC3CCC(C4CCCCC4)CC3)N(CC3CCC(C(N)=O)CC3)C2C1. The van der Waals surface area contributed by atoms with E-state index in [1.54, 1.807) is 0 Å². The summed E-state index contributed by atoms with van der Waals surface area (Å²) in [5.74, 6) is 3.38. The van der Waals surface area contributed by atoms with Crippen molar-refractivity contribution in [3.05, 3.63) is 0 Å². The summed E-state index contributed by atoms with van der Waals surface area (Å²) >= 11 is 0. The number of likely N-dealkylation sites (tertiary alicyclic amines) is 1. The lowest BCUT2D eigenvalue weighted by atomic mass is 9.72. The van der Waals surface area contributed by atoms with E-state index in [4.69, 9.17) is 16.9 Å². The van der Waals surface area contributed by atoms with E-state index < -0.39 is 0 Å². The van der Waals surface area contributed by atoms with Gasteiger partial charge < -0.3 is 16.8 Å². The van der Waals surface area contributed by atoms with Crippen molar-refractivity contribution >= 4 is 17.6 Å². The maximum absolute atomic E-state index is 13.8. The smallest absolute Gasteiger partial charge is 0.237 e. The highest BCUT2D eigenvalue weighted by molar-refractivity contribution is 5.83. The van der Waals surface area contributed by atoms with Gasteiger partial charge in [0.25, 0.3) is 0 Å². The quantitative estimate of drug-likeness (QED) is 0.299. The third kappa shape index (κ3) is 6.34. The van der Waals surface area contributed by atoms with E-state index in [0.717, 1.165) is 82.6 Å². The molecule has 7 nitrogen and oxygen atoms in total. The highest BCUT2D eigenvalue weighted by atomic mass is 16.2. The van der Waals surface area contributed by atoms with Gasteiger partial charge in [0.05, 0.1) is 11.9 Å². The van der Waals surface area contributed by atoms with Crippen LogP contribution in [-0.2, 0) is 9.59 Å². The summed E-state index contributed by atoms with van der Waals surface area (Å²) in [6, 6.07) is 0.604. The van der Waals surface area contributed by atoms with Gasteiger partial charge in [0.15, 0.2) is 0 Å². The molecule has 0 spiro atoms. The van der Waals surface area contributed by atoms with Crippen LogP contribution in [0.3, 0.4) is 0 Å². The van der Waals surface area contributed by atoms with Crippen LogP contribution in [0.4, 0.5) is 0 Å². The number of amidine groups is 1. The lowest BCUT2D eigenvalue weighted by molar-refractivity contribution is -0.127. The lowest BCUT2D eigenvalue weighted by Crippen LogP contribution is -2.52. The van der Waals surface area contributed by atoms with Gasteiger partial charge >= 0.3 is 0 Å². The molecule has 4 unspecified atom stereocenters. The van der Waals surface area contributed by atoms with Crippen LogP contribution in [0.15, 0.2) is 0 Å². The molecule has 0 aromatic heterocycles. The highest BCUT2D eigenvalue weighted by Crippen LogP contribution is 2.44. The summed E-state index contributed by atoms with van der Waals surface area (Å²) in [4.78, 5) is 27.9. The Balaban J connectivity index is 1.20. The number of amides is 2. The Morgan fingerprint density at radius 2 is 1.35 bits per heavy atom. The van der Waals surface area contributed by atoms with Gasteiger partial charge in [-0.15, -0.1) is 0 Å². The van der Waals surface area contributed by atoms with Crippen molar-refractivity contribution in [1.29, 1.82) is 5.41 Å². The summed E-state index contributed by atoms with van der Waals surface area (Å²) in [5, 5.41) is 11.6. The Morgan fingerprint density at radius 1 is 0.730 bits per heavy atom. The summed E-state index contributed by atoms with van der Waals surface area (Å²) in [7, 11) is 0. The molecule has 1 aliphatic heterocycles. The molecular weight excluding hydrogens is 462 g/mol. The van der Waals surface area contributed by atoms with Crippen LogP contribution in [0.5, 0.6) is 0 Å². The zero-order valence-electron chi connectivity index (χ0n) is 22.8. The van der Waals surface area contributed by atoms with E-state index in [9.17, 15) is 9.59 Å². The topological polar surface area (TPSA) is 125 Å². The van der Waals surface area contributed by atoms with Crippen molar-refractivity contribution in [3.63, 3.8) is 0 Å². The first-order valence-corrected chi connectivity index (χ1v) is 15.6. The number of nitrogens with one attached hydrogen (secondary N) is 2. The summed E-state index contributed by atoms with van der Waals surface area (Å²) in [5.41, 5.74) is 11.5. The van der Waals surface area contributed by atoms with Crippen LogP contribution >= 0.6 is 0 Å². The second-order valence-electron chi connectivity index (χ2n) is 13.4. The number of nitrogens with zero attached hydrogens (tertiary/aromatic N) is 1. The van der Waals surface area contributed by atoms with Crippen molar-refractivity contribution in [3.8, 4) is 0 Å². The van der Waals surface area contributed by atoms with E-state index >= 15 is 0 Å². The van der Waals surface area contributed by atoms with Gasteiger partial charge in [-0.25, -0.2) is 0 Å². The van der Waals surface area contributed by atoms with E-state index in [2.05, 4.69) is 10.2 Å². The molecular formula is C30H51N5O2. The molecule has 4 atom stereocenters. The molecule has 5 fully saturated rings. The third-order valence-corrected chi connectivity index (χ3v) is 11.2. The molecule has 37 heavy (non-hydrogen) atoms. The van der Waals surface area contributed by atoms with Crippen molar-refractivity contribution in [2.45, 2.75) is 127 Å². The lowest BCUT2D eigenvalue weighted by Gasteiger charge is -2.40. The second kappa shape index (κ2) is 12.0. The van der Waals surface area contributed by atoms with Crippen molar-refractivity contribution in [2.24, 2.45) is 47.0 Å². The van der Waals surface area contributed by atoms with E-state index in [1.807, 2.05) is 0 Å². The first kappa shape index (κ1) is 27.0. The normalized spacial score (nSPS) is 39.6. The number of nitrogens with two attached hydrogens (primary N) is 2. The molecule has 5 aliphatic rings. The Bertz CT molecular complexity index is 811. The number of rotatable bonds is 7. The molecule has 6 N–H and O–H groups in total. The monoisotopic (exact) mass is 513 g/mol. The molecule has 5 rings (SSSR count). The zero-order valence-corrected chi connectivity index (χ0v) is 22.8. The van der Waals surface area contributed by atoms with Crippen LogP contribution in [0, 0.1) is 40.9 Å². The second-order valence-corrected chi connectivity index (χ2v) is 13.4. The number of hydrogen-bond acceptors (Lipinski definition) is 4. The van der Waals surface area contributed by atoms with Gasteiger partial charge in [-0.05, 0) is 101 Å². The number of hydrogen-bond donors (Lipinski definition) is 4. The number of primary amides is 1. The molecule has 7 heteroatoms. The molecule has 0 aromatic carbocycles. The molecule has 2 amide bonds. The third-order valence-electron chi connectivity index (χ3n) is 11.2. The number of fused-ring (bicyclic) bond motifs is 1. The predicted molar refractivity (Wildman–Crippen MR) is 147 cm³/mol. The molecule has 1 heterocycles. The van der Waals surface area contributed by atoms with Gasteiger partial charge in [0.1, 0.15) is 0 Å². The van der Waals surface area contributed by atoms with E-state index in [-0.39, 0.29) is 29.7 Å². The summed E-state index contributed by atoms with van der Waals surface area (Å²) in [6.45, 7) is 0.920. The van der Waals surface area contributed by atoms with Gasteiger partial charge in [-0.2, -0.15) is 0 Å². The molecule has 208 valence electrons. The largest absolute Gasteiger partial charge is 0.387 e. The fourth-order valence-corrected chi connectivity index (χ4v) is 8.91. The van der Waals surface area contributed by atoms with E-state index in [1.165, 1.54) is 44.9 Å². The van der Waals surface area contributed by atoms with Crippen molar-refractivity contribution in [2.75, 3.05) is 6.54 Å². The van der Waals surface area contributed by atoms with Gasteiger partial charge in [-0.3, -0.25) is 19.9 Å². The minimum atomic E-state index is -0.160. The maximum atomic E-state index is 13.8. The molecule has 4 saturated carbocycles. The van der Waals surface area contributed by atoms with Crippen LogP contribution in [0.2, 0.25) is 0 Å². The van der Waals surface area contributed by atoms with Crippen molar-refractivity contribution in [1.82, 2.24) is 10.2 Å². The Labute approximate surface area is 223 Å². The summed E-state index contributed by atoms with van der Waals surface area (Å²) < 4.78 is 0. The standard InChI is InChI=1S/C30H51N5O2/c31-28(32)24-11-10-23-16-27(35(26(23)17-24)18-19-6-8-22(9-7-19)29(33)36)30(37)34-25-14-12-21(13-15-25)20-4-2-1-3-5-20/h19-27H,1-18H2,(H3,31,32)(H2,33,36)(H,34,37). The predicted octanol–water partition coefficient (Wildman–Crippen LogP) is 4.33. The van der Waals surface area contributed by atoms with Crippen LogP contribution in [0.25, 0.3) is 0 Å². The molecule has 0 radical (unpaired) electrons. The average Bonchev–Trinajstić information content (AvgIpc) is 3.27. The molecule has 4 aliphatic carbocycles. The minimum absolute atomic E-state index is 0.0159. The fourth-order valence-electron chi connectivity index (χ4n) is 8.91. The number of carbonyl (C=O) groups excluding carboxylic acids is 2. The first-order chi connectivity index (χ1) is 17.9. The van der Waals surface area contributed by atoms with Gasteiger partial charge in [0, 0.05) is 30.5 Å². The summed E-state index contributed by atoms with van der Waals surface area (Å²) in [6.07, 6.45) is 19.6. The Morgan fingerprint density at radius 3 is 2.00 bits per heavy atom. The van der Waals surface area contributed by atoms with Crippen LogP contribution in [-0.4, -0.2) is 47.2 Å². The van der Waals surface area contributed by atoms with Gasteiger partial charge in [-0.1, -0.05) is 32.1 Å². The minimum Gasteiger partial charge on any atom is -0.387 e. The maximum Gasteiger partial charge on any atom is 0.237 e. The number of carbonyl (C=O) groups is 2. The average molecular weight is 514 g/mol. The first-order valence-electron chi connectivity index (χ1n) is 15.6. The van der Waals surface area contributed by atoms with Gasteiger partial charge in [0.2, 0.25) is 11.8 Å². The van der Waals surface area contributed by atoms with Crippen molar-refractivity contribution < 1.29 is 9.59 Å². The highest BCUT2D eigenvalue weighted by Gasteiger charge is 2.48. The Kier molecular flexibility index (Phi) is 8.78. The fraction of sp³-hybridized carbons (Fsp3) is 0.900. The van der Waals surface area contributed by atoms with Crippen LogP contribution in [0.1, 0.15) is 109 Å². The zero-order chi connectivity index (χ0) is 25.9. The molecule has 0 aromatic rings.